The van der Waals surface area contributed by atoms with Crippen LogP contribution in [0.15, 0.2) is 22.6 Å². The lowest BCUT2D eigenvalue weighted by Crippen LogP contribution is -2.27. The molecule has 0 saturated carbocycles. The molecule has 0 spiro atoms. The summed E-state index contributed by atoms with van der Waals surface area (Å²) in [6.07, 6.45) is 1.10. The molecule has 0 radical (unpaired) electrons. The minimum atomic E-state index is -3.17. The van der Waals surface area contributed by atoms with E-state index in [0.29, 0.717) is 29.3 Å². The van der Waals surface area contributed by atoms with Crippen molar-refractivity contribution in [1.82, 2.24) is 9.71 Å². The van der Waals surface area contributed by atoms with Gasteiger partial charge in [-0.3, -0.25) is 0 Å². The van der Waals surface area contributed by atoms with Crippen molar-refractivity contribution < 1.29 is 12.8 Å². The number of rotatable bonds is 5. The van der Waals surface area contributed by atoms with E-state index in [0.717, 1.165) is 6.26 Å². The number of fused-ring (bicyclic) bond motifs is 1. The summed E-state index contributed by atoms with van der Waals surface area (Å²) in [5, 5.41) is 2.87. The van der Waals surface area contributed by atoms with E-state index in [-0.39, 0.29) is 6.54 Å². The predicted octanol–water partition coefficient (Wildman–Crippen LogP) is 0.371. The quantitative estimate of drug-likeness (QED) is 0.535. The number of nitrogens with zero attached hydrogens (tertiary/aromatic N) is 1. The van der Waals surface area contributed by atoms with Crippen molar-refractivity contribution in [3.63, 3.8) is 0 Å². The van der Waals surface area contributed by atoms with Crippen molar-refractivity contribution in [2.24, 2.45) is 0 Å². The van der Waals surface area contributed by atoms with Gasteiger partial charge in [-0.05, 0) is 12.1 Å². The second-order valence-corrected chi connectivity index (χ2v) is 5.64. The molecule has 0 unspecified atom stereocenters. The fourth-order valence-electron chi connectivity index (χ4n) is 1.45. The lowest BCUT2D eigenvalue weighted by Gasteiger charge is -2.01. The van der Waals surface area contributed by atoms with Crippen LogP contribution in [0.25, 0.3) is 11.1 Å². The maximum Gasteiger partial charge on any atom is 0.295 e. The Morgan fingerprint density at radius 3 is 2.83 bits per heavy atom. The van der Waals surface area contributed by atoms with E-state index in [4.69, 9.17) is 10.2 Å². The molecule has 8 heteroatoms. The Hall–Kier alpha value is -1.80. The molecule has 4 N–H and O–H groups in total. The summed E-state index contributed by atoms with van der Waals surface area (Å²) in [6.45, 7) is 0.632. The van der Waals surface area contributed by atoms with Crippen molar-refractivity contribution in [2.45, 2.75) is 0 Å². The molecule has 1 aromatic carbocycles. The van der Waals surface area contributed by atoms with Gasteiger partial charge >= 0.3 is 0 Å². The fourth-order valence-corrected chi connectivity index (χ4v) is 1.92. The molecule has 7 nitrogen and oxygen atoms in total. The van der Waals surface area contributed by atoms with E-state index in [1.165, 1.54) is 0 Å². The molecule has 0 atom stereocenters. The molecule has 1 aromatic heterocycles. The number of oxazole rings is 1. The van der Waals surface area contributed by atoms with E-state index in [2.05, 4.69) is 15.0 Å². The number of benzene rings is 1. The van der Waals surface area contributed by atoms with Gasteiger partial charge in [0.25, 0.3) is 6.01 Å². The third-order valence-electron chi connectivity index (χ3n) is 2.22. The first-order valence-corrected chi connectivity index (χ1v) is 7.18. The van der Waals surface area contributed by atoms with Crippen LogP contribution in [-0.2, 0) is 10.0 Å². The number of nitrogens with two attached hydrogens (primary N) is 1. The Labute approximate surface area is 104 Å². The highest BCUT2D eigenvalue weighted by Crippen LogP contribution is 2.23. The van der Waals surface area contributed by atoms with E-state index in [1.807, 2.05) is 0 Å². The van der Waals surface area contributed by atoms with Gasteiger partial charge in [-0.25, -0.2) is 13.1 Å². The summed E-state index contributed by atoms with van der Waals surface area (Å²) >= 11 is 0. The Balaban J connectivity index is 1.98. The first-order chi connectivity index (χ1) is 8.46. The summed E-state index contributed by atoms with van der Waals surface area (Å²) in [4.78, 5) is 4.17. The van der Waals surface area contributed by atoms with Crippen molar-refractivity contribution in [1.29, 1.82) is 0 Å². The average molecular weight is 270 g/mol. The van der Waals surface area contributed by atoms with Gasteiger partial charge in [0.15, 0.2) is 5.58 Å². The molecule has 18 heavy (non-hydrogen) atoms. The molecule has 0 amide bonds. The fraction of sp³-hybridized carbons (Fsp3) is 0.300. The number of aromatic nitrogens is 1. The molecule has 0 saturated heterocycles. The van der Waals surface area contributed by atoms with E-state index in [9.17, 15) is 8.42 Å². The Morgan fingerprint density at radius 2 is 2.17 bits per heavy atom. The molecule has 0 bridgehead atoms. The number of hydrogen-bond donors (Lipinski definition) is 3. The maximum atomic E-state index is 10.8. The smallest absolute Gasteiger partial charge is 0.295 e. The van der Waals surface area contributed by atoms with Crippen LogP contribution in [0.4, 0.5) is 11.7 Å². The van der Waals surface area contributed by atoms with Crippen molar-refractivity contribution >= 4 is 32.8 Å². The molecular weight excluding hydrogens is 256 g/mol. The zero-order chi connectivity index (χ0) is 13.2. The normalized spacial score (nSPS) is 11.8. The van der Waals surface area contributed by atoms with E-state index >= 15 is 0 Å². The highest BCUT2D eigenvalue weighted by Gasteiger charge is 2.07. The van der Waals surface area contributed by atoms with Gasteiger partial charge in [0, 0.05) is 13.1 Å². The Bertz CT molecular complexity index is 650. The number of nitrogen functional groups attached to an aromatic ring is 1. The Morgan fingerprint density at radius 1 is 1.39 bits per heavy atom. The van der Waals surface area contributed by atoms with Crippen molar-refractivity contribution in [3.8, 4) is 0 Å². The average Bonchev–Trinajstić information content (AvgIpc) is 2.68. The molecule has 0 aliphatic carbocycles. The zero-order valence-corrected chi connectivity index (χ0v) is 10.6. The van der Waals surface area contributed by atoms with Crippen molar-refractivity contribution in [3.05, 3.63) is 18.2 Å². The lowest BCUT2D eigenvalue weighted by atomic mass is 10.3. The minimum absolute atomic E-state index is 0.257. The zero-order valence-electron chi connectivity index (χ0n) is 9.80. The van der Waals surface area contributed by atoms with Gasteiger partial charge in [0.1, 0.15) is 5.52 Å². The highest BCUT2D eigenvalue weighted by atomic mass is 32.2. The number of sulfonamides is 1. The van der Waals surface area contributed by atoms with Crippen LogP contribution in [-0.4, -0.2) is 32.7 Å². The Kier molecular flexibility index (Phi) is 3.39. The van der Waals surface area contributed by atoms with Gasteiger partial charge in [-0.2, -0.15) is 4.98 Å². The molecule has 0 aliphatic rings. The topological polar surface area (TPSA) is 110 Å². The van der Waals surface area contributed by atoms with Gasteiger partial charge in [-0.15, -0.1) is 0 Å². The minimum Gasteiger partial charge on any atom is -0.423 e. The van der Waals surface area contributed by atoms with Crippen molar-refractivity contribution in [2.75, 3.05) is 30.4 Å². The lowest BCUT2D eigenvalue weighted by molar-refractivity contribution is 0.586. The van der Waals surface area contributed by atoms with Crippen LogP contribution in [0.1, 0.15) is 0 Å². The second kappa shape index (κ2) is 4.83. The van der Waals surface area contributed by atoms with Crippen LogP contribution >= 0.6 is 0 Å². The highest BCUT2D eigenvalue weighted by molar-refractivity contribution is 7.88. The predicted molar refractivity (Wildman–Crippen MR) is 69.8 cm³/mol. The van der Waals surface area contributed by atoms with E-state index < -0.39 is 10.0 Å². The molecule has 1 heterocycles. The third-order valence-corrected chi connectivity index (χ3v) is 2.94. The summed E-state index contributed by atoms with van der Waals surface area (Å²) in [7, 11) is -3.17. The number of para-hydroxylation sites is 1. The molecule has 2 rings (SSSR count). The number of anilines is 2. The van der Waals surface area contributed by atoms with Gasteiger partial charge < -0.3 is 15.5 Å². The van der Waals surface area contributed by atoms with Crippen LogP contribution in [0.2, 0.25) is 0 Å². The molecular formula is C10H14N4O3S. The third kappa shape index (κ3) is 3.11. The standard InChI is InChI=1S/C10H14N4O3S/c1-18(15,16)13-6-5-12-10-14-9-7(11)3-2-4-8(9)17-10/h2-4,13H,5-6,11H2,1H3,(H,12,14). The number of nitrogens with one attached hydrogen (secondary N) is 2. The SMILES string of the molecule is CS(=O)(=O)NCCNc1nc2c(N)cccc2o1. The largest absolute Gasteiger partial charge is 0.423 e. The van der Waals surface area contributed by atoms with Crippen LogP contribution in [0, 0.1) is 0 Å². The monoisotopic (exact) mass is 270 g/mol. The molecule has 2 aromatic rings. The second-order valence-electron chi connectivity index (χ2n) is 3.81. The maximum absolute atomic E-state index is 10.8. The van der Waals surface area contributed by atoms with Gasteiger partial charge in [0.2, 0.25) is 10.0 Å². The molecule has 98 valence electrons. The van der Waals surface area contributed by atoms with Crippen LogP contribution in [0.3, 0.4) is 0 Å². The summed E-state index contributed by atoms with van der Waals surface area (Å²) in [5.41, 5.74) is 7.46. The summed E-state index contributed by atoms with van der Waals surface area (Å²) in [5.74, 6) is 0. The van der Waals surface area contributed by atoms with Crippen LogP contribution < -0.4 is 15.8 Å². The van der Waals surface area contributed by atoms with E-state index in [1.54, 1.807) is 18.2 Å². The molecule has 0 fully saturated rings. The summed E-state index contributed by atoms with van der Waals surface area (Å²) < 4.78 is 29.4. The first kappa shape index (κ1) is 12.7. The number of hydrogen-bond acceptors (Lipinski definition) is 6. The first-order valence-electron chi connectivity index (χ1n) is 5.29. The van der Waals surface area contributed by atoms with Gasteiger partial charge in [-0.1, -0.05) is 6.07 Å². The van der Waals surface area contributed by atoms with Gasteiger partial charge in [0.05, 0.1) is 11.9 Å². The van der Waals surface area contributed by atoms with Crippen LogP contribution in [0.5, 0.6) is 0 Å². The molecule has 0 aliphatic heterocycles. The summed E-state index contributed by atoms with van der Waals surface area (Å²) in [6, 6.07) is 5.59.